The molecule has 4 heterocycles. The topological polar surface area (TPSA) is 113 Å². The van der Waals surface area contributed by atoms with Crippen LogP contribution in [0.5, 0.6) is 5.88 Å². The summed E-state index contributed by atoms with van der Waals surface area (Å²) in [5.74, 6) is -3.14. The first-order valence-electron chi connectivity index (χ1n) is 10.1. The molecule has 2 aliphatic heterocycles. The maximum atomic E-state index is 13.5. The molecule has 2 aromatic rings. The van der Waals surface area contributed by atoms with E-state index in [4.69, 9.17) is 9.15 Å². The smallest absolute Gasteiger partial charge is 0.293 e. The number of hydrogen-bond donors (Lipinski definition) is 1. The minimum Gasteiger partial charge on any atom is -0.633 e. The molecule has 170 valence electrons. The van der Waals surface area contributed by atoms with Crippen LogP contribution in [0.1, 0.15) is 28.6 Å². The van der Waals surface area contributed by atoms with Gasteiger partial charge in [0.05, 0.1) is 25.2 Å². The Morgan fingerprint density at radius 3 is 2.91 bits per heavy atom. The summed E-state index contributed by atoms with van der Waals surface area (Å²) in [6.07, 6.45) is 7.41. The standard InChI is InChI=1S/C21H23F2N5O4/c1-13-5-14(6-26-20(13)31-11-21(2,22)23)8-28(30)9-15-3-4-25-18(16(15)10-28)27-19(29)17-7-24-12-32-17/h3-7,12,15-16H,8-11H2,1-2H3,(H,25,27,29). The molecule has 3 unspecified atom stereocenters. The molecule has 2 aromatic heterocycles. The SMILES string of the molecule is Cc1cc(C[N+]2([O-])CC3C=CN=C(NC(=O)c4cnco4)C3C2)cnc1OCC(C)(F)F. The highest BCUT2D eigenvalue weighted by Crippen LogP contribution is 2.35. The zero-order valence-electron chi connectivity index (χ0n) is 17.6. The lowest BCUT2D eigenvalue weighted by molar-refractivity contribution is -0.883. The number of fused-ring (bicyclic) bond motifs is 1. The summed E-state index contributed by atoms with van der Waals surface area (Å²) in [6.45, 7) is 2.41. The number of carbonyl (C=O) groups is 1. The van der Waals surface area contributed by atoms with Crippen molar-refractivity contribution in [2.75, 3.05) is 19.7 Å². The van der Waals surface area contributed by atoms with Crippen molar-refractivity contribution in [2.45, 2.75) is 26.3 Å². The Labute approximate surface area is 183 Å². The van der Waals surface area contributed by atoms with Gasteiger partial charge in [-0.05, 0) is 13.0 Å². The molecule has 3 atom stereocenters. The Morgan fingerprint density at radius 2 is 2.22 bits per heavy atom. The molecule has 0 radical (unpaired) electrons. The lowest BCUT2D eigenvalue weighted by atomic mass is 9.93. The maximum Gasteiger partial charge on any atom is 0.293 e. The summed E-state index contributed by atoms with van der Waals surface area (Å²) >= 11 is 0. The molecule has 1 fully saturated rings. The quantitative estimate of drug-likeness (QED) is 0.538. The first-order valence-corrected chi connectivity index (χ1v) is 10.1. The second-order valence-electron chi connectivity index (χ2n) is 8.35. The van der Waals surface area contributed by atoms with Crippen molar-refractivity contribution < 1.29 is 27.4 Å². The summed E-state index contributed by atoms with van der Waals surface area (Å²) in [4.78, 5) is 24.4. The number of nitrogens with one attached hydrogen (secondary N) is 1. The van der Waals surface area contributed by atoms with Gasteiger partial charge in [0, 0.05) is 36.4 Å². The zero-order valence-corrected chi connectivity index (χ0v) is 17.6. The van der Waals surface area contributed by atoms with Gasteiger partial charge in [0.25, 0.3) is 11.8 Å². The number of aromatic nitrogens is 2. The Morgan fingerprint density at radius 1 is 1.41 bits per heavy atom. The number of quaternary nitrogens is 1. The summed E-state index contributed by atoms with van der Waals surface area (Å²) in [6, 6.07) is 1.73. The number of aryl methyl sites for hydroxylation is 1. The van der Waals surface area contributed by atoms with Gasteiger partial charge < -0.3 is 24.3 Å². The van der Waals surface area contributed by atoms with Gasteiger partial charge in [0.15, 0.2) is 13.0 Å². The molecule has 1 saturated heterocycles. The number of amides is 1. The largest absolute Gasteiger partial charge is 0.633 e. The number of carbonyl (C=O) groups excluding carboxylic acids is 1. The summed E-state index contributed by atoms with van der Waals surface area (Å²) in [5.41, 5.74) is 1.26. The van der Waals surface area contributed by atoms with Gasteiger partial charge in [-0.3, -0.25) is 4.79 Å². The third-order valence-electron chi connectivity index (χ3n) is 5.41. The van der Waals surface area contributed by atoms with Gasteiger partial charge >= 0.3 is 0 Å². The molecule has 1 N–H and O–H groups in total. The lowest BCUT2D eigenvalue weighted by Crippen LogP contribution is -2.42. The minimum atomic E-state index is -2.96. The van der Waals surface area contributed by atoms with E-state index in [1.165, 1.54) is 12.4 Å². The molecule has 9 nitrogen and oxygen atoms in total. The molecule has 2 aliphatic rings. The van der Waals surface area contributed by atoms with Crippen LogP contribution in [0.3, 0.4) is 0 Å². The van der Waals surface area contributed by atoms with E-state index in [1.54, 1.807) is 19.2 Å². The van der Waals surface area contributed by atoms with E-state index in [1.807, 2.05) is 6.08 Å². The molecule has 1 amide bonds. The second-order valence-corrected chi connectivity index (χ2v) is 8.35. The number of aliphatic imine (C=N–C) groups is 1. The molecule has 0 bridgehead atoms. The molecular formula is C21H23F2N5O4. The van der Waals surface area contributed by atoms with Crippen molar-refractivity contribution in [1.82, 2.24) is 15.3 Å². The van der Waals surface area contributed by atoms with Crippen molar-refractivity contribution in [3.8, 4) is 5.88 Å². The third-order valence-corrected chi connectivity index (χ3v) is 5.41. The average Bonchev–Trinajstić information content (AvgIpc) is 3.34. The number of likely N-dealkylation sites (tertiary alicyclic amines) is 1. The number of hydroxylamine groups is 3. The predicted octanol–water partition coefficient (Wildman–Crippen LogP) is 2.83. The highest BCUT2D eigenvalue weighted by molar-refractivity contribution is 6.06. The number of pyridine rings is 1. The van der Waals surface area contributed by atoms with Crippen LogP contribution in [0.15, 0.2) is 46.5 Å². The van der Waals surface area contributed by atoms with E-state index >= 15 is 0 Å². The Bertz CT molecular complexity index is 1050. The number of halogens is 2. The fraction of sp³-hybridized carbons (Fsp3) is 0.429. The fourth-order valence-electron chi connectivity index (χ4n) is 4.04. The van der Waals surface area contributed by atoms with Crippen LogP contribution in [0.2, 0.25) is 0 Å². The number of rotatable bonds is 6. The van der Waals surface area contributed by atoms with Crippen molar-refractivity contribution in [2.24, 2.45) is 16.8 Å². The number of alkyl halides is 2. The first kappa shape index (κ1) is 22.0. The van der Waals surface area contributed by atoms with Crippen LogP contribution in [0.25, 0.3) is 0 Å². The number of ether oxygens (including phenoxy) is 1. The van der Waals surface area contributed by atoms with Crippen molar-refractivity contribution in [1.29, 1.82) is 0 Å². The average molecular weight is 447 g/mol. The van der Waals surface area contributed by atoms with Crippen LogP contribution in [0, 0.1) is 24.0 Å². The number of hydrogen-bond acceptors (Lipinski definition) is 7. The van der Waals surface area contributed by atoms with E-state index in [2.05, 4.69) is 20.3 Å². The van der Waals surface area contributed by atoms with Crippen molar-refractivity contribution in [3.63, 3.8) is 0 Å². The van der Waals surface area contributed by atoms with Gasteiger partial charge in [-0.15, -0.1) is 0 Å². The monoisotopic (exact) mass is 447 g/mol. The van der Waals surface area contributed by atoms with Crippen molar-refractivity contribution in [3.05, 3.63) is 59.2 Å². The molecular weight excluding hydrogens is 424 g/mol. The highest BCUT2D eigenvalue weighted by atomic mass is 19.3. The van der Waals surface area contributed by atoms with Gasteiger partial charge in [-0.2, -0.15) is 0 Å². The summed E-state index contributed by atoms with van der Waals surface area (Å²) in [7, 11) is 0. The summed E-state index contributed by atoms with van der Waals surface area (Å²) < 4.78 is 35.6. The van der Waals surface area contributed by atoms with Gasteiger partial charge in [-0.25, -0.2) is 23.7 Å². The van der Waals surface area contributed by atoms with Gasteiger partial charge in [-0.1, -0.05) is 6.08 Å². The van der Waals surface area contributed by atoms with E-state index in [0.717, 1.165) is 13.3 Å². The number of nitrogens with zero attached hydrogens (tertiary/aromatic N) is 4. The van der Waals surface area contributed by atoms with Crippen LogP contribution in [-0.4, -0.2) is 52.0 Å². The molecule has 0 spiro atoms. The Balaban J connectivity index is 1.42. The van der Waals surface area contributed by atoms with E-state index in [-0.39, 0.29) is 36.6 Å². The second kappa shape index (κ2) is 8.40. The minimum absolute atomic E-state index is 0.0596. The lowest BCUT2D eigenvalue weighted by Gasteiger charge is -2.39. The Kier molecular flexibility index (Phi) is 5.78. The maximum absolute atomic E-state index is 13.5. The van der Waals surface area contributed by atoms with Crippen LogP contribution >= 0.6 is 0 Å². The third kappa shape index (κ3) is 5.00. The zero-order chi connectivity index (χ0) is 22.9. The normalized spacial score (nSPS) is 24.7. The molecule has 0 saturated carbocycles. The predicted molar refractivity (Wildman–Crippen MR) is 110 cm³/mol. The van der Waals surface area contributed by atoms with E-state index < -0.39 is 23.1 Å². The van der Waals surface area contributed by atoms with E-state index in [9.17, 15) is 18.8 Å². The van der Waals surface area contributed by atoms with Gasteiger partial charge in [0.1, 0.15) is 12.4 Å². The number of oxazole rings is 1. The van der Waals surface area contributed by atoms with Gasteiger partial charge in [0.2, 0.25) is 11.6 Å². The molecule has 11 heteroatoms. The van der Waals surface area contributed by atoms with Crippen LogP contribution in [0.4, 0.5) is 8.78 Å². The molecule has 0 aliphatic carbocycles. The van der Waals surface area contributed by atoms with E-state index in [0.29, 0.717) is 23.5 Å². The first-order chi connectivity index (χ1) is 15.1. The van der Waals surface area contributed by atoms with Crippen LogP contribution in [-0.2, 0) is 6.54 Å². The number of amidine groups is 1. The summed E-state index contributed by atoms with van der Waals surface area (Å²) in [5, 5.41) is 16.2. The van der Waals surface area contributed by atoms with Crippen LogP contribution < -0.4 is 10.1 Å². The Hall–Kier alpha value is -3.18. The van der Waals surface area contributed by atoms with Crippen molar-refractivity contribution >= 4 is 11.7 Å². The molecule has 0 aromatic carbocycles. The molecule has 4 rings (SSSR count). The fourth-order valence-corrected chi connectivity index (χ4v) is 4.04. The molecule has 32 heavy (non-hydrogen) atoms. The highest BCUT2D eigenvalue weighted by Gasteiger charge is 2.43.